The minimum Gasteiger partial charge on any atom is -0.481 e. The Balaban J connectivity index is 2.31. The monoisotopic (exact) mass is 339 g/mol. The standard InChI is InChI=1S/C15H14ClNO4S/c16-12-8-6-11(7-9-12)14(10-15(18)19)17-22(20,21)13-4-2-1-3-5-13/h1-9,14,17H,10H2,(H,18,19)/t14-/m1/s1. The number of hydrogen-bond acceptors (Lipinski definition) is 3. The summed E-state index contributed by atoms with van der Waals surface area (Å²) >= 11 is 5.80. The molecule has 0 heterocycles. The predicted octanol–water partition coefficient (Wildman–Crippen LogP) is 2.83. The molecule has 0 saturated heterocycles. The van der Waals surface area contributed by atoms with Crippen molar-refractivity contribution in [2.75, 3.05) is 0 Å². The first kappa shape index (κ1) is 16.5. The highest BCUT2D eigenvalue weighted by molar-refractivity contribution is 7.89. The van der Waals surface area contributed by atoms with E-state index in [1.165, 1.54) is 12.1 Å². The first-order valence-electron chi connectivity index (χ1n) is 6.43. The molecule has 2 N–H and O–H groups in total. The minimum absolute atomic E-state index is 0.0827. The van der Waals surface area contributed by atoms with Gasteiger partial charge < -0.3 is 5.11 Å². The molecule has 0 amide bonds. The van der Waals surface area contributed by atoms with Crippen LogP contribution in [0.1, 0.15) is 18.0 Å². The van der Waals surface area contributed by atoms with Gasteiger partial charge in [-0.1, -0.05) is 41.9 Å². The van der Waals surface area contributed by atoms with Gasteiger partial charge in [-0.25, -0.2) is 13.1 Å². The second-order valence-corrected chi connectivity index (χ2v) is 6.79. The fourth-order valence-corrected chi connectivity index (χ4v) is 3.32. The topological polar surface area (TPSA) is 83.5 Å². The summed E-state index contributed by atoms with van der Waals surface area (Å²) in [5, 5.41) is 9.50. The lowest BCUT2D eigenvalue weighted by Crippen LogP contribution is -2.30. The Hall–Kier alpha value is -1.89. The largest absolute Gasteiger partial charge is 0.481 e. The van der Waals surface area contributed by atoms with E-state index in [4.69, 9.17) is 16.7 Å². The third-order valence-corrected chi connectivity index (χ3v) is 4.74. The minimum atomic E-state index is -3.81. The molecule has 0 bridgehead atoms. The molecule has 0 spiro atoms. The Morgan fingerprint density at radius 2 is 1.68 bits per heavy atom. The summed E-state index contributed by atoms with van der Waals surface area (Å²) in [5.41, 5.74) is 0.534. The smallest absolute Gasteiger partial charge is 0.305 e. The van der Waals surface area contributed by atoms with E-state index < -0.39 is 22.0 Å². The Labute approximate surface area is 133 Å². The first-order chi connectivity index (χ1) is 10.4. The van der Waals surface area contributed by atoms with E-state index in [2.05, 4.69) is 4.72 Å². The number of nitrogens with one attached hydrogen (secondary N) is 1. The highest BCUT2D eigenvalue weighted by Crippen LogP contribution is 2.22. The van der Waals surface area contributed by atoms with Crippen molar-refractivity contribution in [3.8, 4) is 0 Å². The SMILES string of the molecule is O=C(O)C[C@@H](NS(=O)(=O)c1ccccc1)c1ccc(Cl)cc1. The van der Waals surface area contributed by atoms with Gasteiger partial charge in [0.05, 0.1) is 17.4 Å². The highest BCUT2D eigenvalue weighted by Gasteiger charge is 2.23. The zero-order valence-corrected chi connectivity index (χ0v) is 13.0. The Morgan fingerprint density at radius 1 is 1.09 bits per heavy atom. The number of hydrogen-bond donors (Lipinski definition) is 2. The van der Waals surface area contributed by atoms with Crippen molar-refractivity contribution in [1.29, 1.82) is 0 Å². The van der Waals surface area contributed by atoms with Gasteiger partial charge in [-0.2, -0.15) is 0 Å². The van der Waals surface area contributed by atoms with Gasteiger partial charge in [0, 0.05) is 5.02 Å². The van der Waals surface area contributed by atoms with Crippen LogP contribution in [0.4, 0.5) is 0 Å². The number of sulfonamides is 1. The molecule has 5 nitrogen and oxygen atoms in total. The Kier molecular flexibility index (Phi) is 5.18. The normalized spacial score (nSPS) is 12.8. The first-order valence-corrected chi connectivity index (χ1v) is 8.29. The molecular weight excluding hydrogens is 326 g/mol. The predicted molar refractivity (Wildman–Crippen MR) is 83.2 cm³/mol. The zero-order chi connectivity index (χ0) is 16.2. The number of rotatable bonds is 6. The second-order valence-electron chi connectivity index (χ2n) is 4.64. The Morgan fingerprint density at radius 3 is 2.23 bits per heavy atom. The molecule has 7 heteroatoms. The fraction of sp³-hybridized carbons (Fsp3) is 0.133. The second kappa shape index (κ2) is 6.91. The quantitative estimate of drug-likeness (QED) is 0.847. The highest BCUT2D eigenvalue weighted by atomic mass is 35.5. The molecule has 0 aromatic heterocycles. The molecule has 0 aliphatic heterocycles. The van der Waals surface area contributed by atoms with Gasteiger partial charge in [-0.15, -0.1) is 0 Å². The summed E-state index contributed by atoms with van der Waals surface area (Å²) in [6.07, 6.45) is -0.367. The summed E-state index contributed by atoms with van der Waals surface area (Å²) < 4.78 is 27.1. The number of carboxylic acid groups (broad SMARTS) is 1. The van der Waals surface area contributed by atoms with E-state index in [0.29, 0.717) is 10.6 Å². The third-order valence-electron chi connectivity index (χ3n) is 3.00. The van der Waals surface area contributed by atoms with E-state index in [1.807, 2.05) is 0 Å². The van der Waals surface area contributed by atoms with Gasteiger partial charge in [0.1, 0.15) is 0 Å². The van der Waals surface area contributed by atoms with Crippen LogP contribution in [0.15, 0.2) is 59.5 Å². The van der Waals surface area contributed by atoms with Crippen molar-refractivity contribution in [2.24, 2.45) is 0 Å². The van der Waals surface area contributed by atoms with Gasteiger partial charge in [0.15, 0.2) is 0 Å². The summed E-state index contributed by atoms with van der Waals surface area (Å²) in [7, 11) is -3.81. The van der Waals surface area contributed by atoms with Crippen molar-refractivity contribution in [3.63, 3.8) is 0 Å². The van der Waals surface area contributed by atoms with Crippen LogP contribution in [0.25, 0.3) is 0 Å². The van der Waals surface area contributed by atoms with Crippen LogP contribution in [0.2, 0.25) is 5.02 Å². The maximum absolute atomic E-state index is 12.3. The van der Waals surface area contributed by atoms with Crippen molar-refractivity contribution in [2.45, 2.75) is 17.4 Å². The fourth-order valence-electron chi connectivity index (χ4n) is 1.95. The number of carboxylic acids is 1. The summed E-state index contributed by atoms with van der Waals surface area (Å²) in [6.45, 7) is 0. The molecule has 2 aromatic rings. The maximum Gasteiger partial charge on any atom is 0.305 e. The van der Waals surface area contributed by atoms with Gasteiger partial charge in [-0.05, 0) is 29.8 Å². The van der Waals surface area contributed by atoms with Crippen molar-refractivity contribution in [3.05, 3.63) is 65.2 Å². The molecule has 0 fully saturated rings. The molecule has 1 atom stereocenters. The van der Waals surface area contributed by atoms with E-state index in [0.717, 1.165) is 0 Å². The molecule has 2 aromatic carbocycles. The molecule has 0 saturated carbocycles. The number of aliphatic carboxylic acids is 1. The molecule has 0 radical (unpaired) electrons. The molecule has 0 aliphatic carbocycles. The van der Waals surface area contributed by atoms with Crippen LogP contribution in [-0.2, 0) is 14.8 Å². The molecule has 2 rings (SSSR count). The third kappa shape index (κ3) is 4.30. The molecule has 0 unspecified atom stereocenters. The zero-order valence-electron chi connectivity index (χ0n) is 11.4. The van der Waals surface area contributed by atoms with Crippen LogP contribution >= 0.6 is 11.6 Å². The lowest BCUT2D eigenvalue weighted by Gasteiger charge is -2.17. The van der Waals surface area contributed by atoms with Crippen LogP contribution in [0, 0.1) is 0 Å². The van der Waals surface area contributed by atoms with Crippen LogP contribution in [0.5, 0.6) is 0 Å². The molecular formula is C15H14ClNO4S. The van der Waals surface area contributed by atoms with Crippen molar-refractivity contribution in [1.82, 2.24) is 4.72 Å². The number of carbonyl (C=O) groups is 1. The van der Waals surface area contributed by atoms with E-state index in [-0.39, 0.29) is 11.3 Å². The summed E-state index contributed by atoms with van der Waals surface area (Å²) in [6, 6.07) is 13.3. The number of benzene rings is 2. The molecule has 22 heavy (non-hydrogen) atoms. The number of halogens is 1. The average molecular weight is 340 g/mol. The van der Waals surface area contributed by atoms with Crippen molar-refractivity contribution >= 4 is 27.6 Å². The molecule has 116 valence electrons. The van der Waals surface area contributed by atoms with Gasteiger partial charge in [0.2, 0.25) is 10.0 Å². The Bertz CT molecular complexity index is 745. The van der Waals surface area contributed by atoms with E-state index in [1.54, 1.807) is 42.5 Å². The van der Waals surface area contributed by atoms with Crippen LogP contribution in [-0.4, -0.2) is 19.5 Å². The lowest BCUT2D eigenvalue weighted by molar-refractivity contribution is -0.137. The molecule has 0 aliphatic rings. The van der Waals surface area contributed by atoms with Crippen LogP contribution in [0.3, 0.4) is 0 Å². The summed E-state index contributed by atoms with van der Waals surface area (Å²) in [5.74, 6) is -1.10. The van der Waals surface area contributed by atoms with Crippen molar-refractivity contribution < 1.29 is 18.3 Å². The maximum atomic E-state index is 12.3. The van der Waals surface area contributed by atoms with Crippen LogP contribution < -0.4 is 4.72 Å². The van der Waals surface area contributed by atoms with E-state index in [9.17, 15) is 13.2 Å². The van der Waals surface area contributed by atoms with Gasteiger partial charge in [0.25, 0.3) is 0 Å². The van der Waals surface area contributed by atoms with E-state index >= 15 is 0 Å². The lowest BCUT2D eigenvalue weighted by atomic mass is 10.1. The summed E-state index contributed by atoms with van der Waals surface area (Å²) in [4.78, 5) is 11.1. The van der Waals surface area contributed by atoms with Gasteiger partial charge in [-0.3, -0.25) is 4.79 Å². The average Bonchev–Trinajstić information content (AvgIpc) is 2.47. The van der Waals surface area contributed by atoms with Gasteiger partial charge >= 0.3 is 5.97 Å².